The second kappa shape index (κ2) is 12.7. The first-order valence-electron chi connectivity index (χ1n) is 20.5. The number of nitrogens with zero attached hydrogens (tertiary/aromatic N) is 3. The molecule has 3 aromatic heterocycles. The molecule has 8 bridgehead atoms. The maximum absolute atomic E-state index is 6.56. The highest BCUT2D eigenvalue weighted by Gasteiger charge is 2.17. The molecule has 0 saturated heterocycles. The summed E-state index contributed by atoms with van der Waals surface area (Å²) >= 11 is 0. The summed E-state index contributed by atoms with van der Waals surface area (Å²) in [4.78, 5) is 0. The van der Waals surface area contributed by atoms with Crippen LogP contribution in [-0.4, -0.2) is 13.7 Å². The molecule has 13 rings (SSSR count). The van der Waals surface area contributed by atoms with Gasteiger partial charge in [-0.25, -0.2) is 0 Å². The van der Waals surface area contributed by atoms with Gasteiger partial charge >= 0.3 is 0 Å². The summed E-state index contributed by atoms with van der Waals surface area (Å²) in [5.74, 6) is 0. The zero-order chi connectivity index (χ0) is 39.3. The van der Waals surface area contributed by atoms with Crippen molar-refractivity contribution in [1.29, 1.82) is 0 Å². The van der Waals surface area contributed by atoms with Gasteiger partial charge < -0.3 is 18.1 Å². The highest BCUT2D eigenvalue weighted by atomic mass is 16.3. The molecule has 0 atom stereocenters. The number of fused-ring (bicyclic) bond motifs is 12. The van der Waals surface area contributed by atoms with Crippen LogP contribution >= 0.6 is 0 Å². The van der Waals surface area contributed by atoms with Crippen molar-refractivity contribution in [3.05, 3.63) is 212 Å². The molecule has 13 aromatic rings. The second-order valence-electron chi connectivity index (χ2n) is 15.8. The number of para-hydroxylation sites is 1. The molecule has 10 aromatic carbocycles. The Morgan fingerprint density at radius 3 is 1.52 bits per heavy atom. The fourth-order valence-corrected chi connectivity index (χ4v) is 9.65. The fourth-order valence-electron chi connectivity index (χ4n) is 9.65. The monoisotopic (exact) mass is 765 g/mol. The molecular weight excluding hydrogens is 731 g/mol. The van der Waals surface area contributed by atoms with E-state index in [0.717, 1.165) is 71.7 Å². The Balaban J connectivity index is 1.15. The molecule has 0 spiro atoms. The van der Waals surface area contributed by atoms with E-state index in [0.29, 0.717) is 0 Å². The van der Waals surface area contributed by atoms with Crippen LogP contribution in [0.2, 0.25) is 0 Å². The molecule has 280 valence electrons. The minimum atomic E-state index is 0.859. The first-order chi connectivity index (χ1) is 29.7. The van der Waals surface area contributed by atoms with Gasteiger partial charge in [0.1, 0.15) is 11.2 Å². The van der Waals surface area contributed by atoms with Crippen molar-refractivity contribution in [3.63, 3.8) is 0 Å². The Labute approximate surface area is 344 Å². The quantitative estimate of drug-likeness (QED) is 0.176. The Morgan fingerprint density at radius 1 is 0.267 bits per heavy atom. The summed E-state index contributed by atoms with van der Waals surface area (Å²) in [6.45, 7) is 0. The maximum Gasteiger partial charge on any atom is 0.135 e. The van der Waals surface area contributed by atoms with E-state index >= 15 is 0 Å². The predicted octanol–water partition coefficient (Wildman–Crippen LogP) is 15.2. The Kier molecular flexibility index (Phi) is 6.98. The van der Waals surface area contributed by atoms with Crippen LogP contribution in [0.4, 0.5) is 0 Å². The van der Waals surface area contributed by atoms with Crippen LogP contribution in [0.1, 0.15) is 0 Å². The minimum absolute atomic E-state index is 0.859. The van der Waals surface area contributed by atoms with Crippen LogP contribution in [0.3, 0.4) is 0 Å². The van der Waals surface area contributed by atoms with Crippen molar-refractivity contribution in [2.24, 2.45) is 0 Å². The fraction of sp³-hybridized carbons (Fsp3) is 0. The largest absolute Gasteiger partial charge is 0.456 e. The average molecular weight is 766 g/mol. The molecule has 0 aliphatic heterocycles. The summed E-state index contributed by atoms with van der Waals surface area (Å²) in [5.41, 5.74) is 11.7. The lowest BCUT2D eigenvalue weighted by Crippen LogP contribution is -1.99. The van der Waals surface area contributed by atoms with Crippen LogP contribution < -0.4 is 0 Å². The molecule has 0 aliphatic carbocycles. The highest BCUT2D eigenvalue weighted by molar-refractivity contribution is 6.12. The zero-order valence-electron chi connectivity index (χ0n) is 32.5. The zero-order valence-corrected chi connectivity index (χ0v) is 32.5. The van der Waals surface area contributed by atoms with E-state index < -0.39 is 0 Å². The number of hydrogen-bond donors (Lipinski definition) is 0. The van der Waals surface area contributed by atoms with Crippen molar-refractivity contribution >= 4 is 98.1 Å². The lowest BCUT2D eigenvalue weighted by atomic mass is 10.1. The van der Waals surface area contributed by atoms with Gasteiger partial charge in [0.15, 0.2) is 0 Å². The normalized spacial score (nSPS) is 12.0. The molecule has 60 heavy (non-hydrogen) atoms. The molecule has 0 amide bonds. The SMILES string of the molecule is c1ccc2cc(-n3c4cccc(c4)c4cccc(c4)n(-c4ccc5c6ccccc6n(-c6cccc7ccccc67)c5c4)c4ccc5oc6ccc3cc6c5c4)ccc2c1. The predicted molar refractivity (Wildman–Crippen MR) is 252 cm³/mol. The molecule has 0 N–H and O–H groups in total. The van der Waals surface area contributed by atoms with Crippen LogP contribution in [-0.2, 0) is 0 Å². The van der Waals surface area contributed by atoms with Gasteiger partial charge in [0.2, 0.25) is 0 Å². The highest BCUT2D eigenvalue weighted by Crippen LogP contribution is 2.38. The van der Waals surface area contributed by atoms with Crippen LogP contribution in [0.25, 0.3) is 115 Å². The van der Waals surface area contributed by atoms with E-state index in [1.165, 1.54) is 43.5 Å². The van der Waals surface area contributed by atoms with Gasteiger partial charge in [-0.15, -0.1) is 0 Å². The van der Waals surface area contributed by atoms with Gasteiger partial charge in [0.05, 0.1) is 16.7 Å². The van der Waals surface area contributed by atoms with Crippen LogP contribution in [0.15, 0.2) is 217 Å². The maximum atomic E-state index is 6.56. The molecule has 0 saturated carbocycles. The van der Waals surface area contributed by atoms with E-state index in [9.17, 15) is 0 Å². The van der Waals surface area contributed by atoms with Gasteiger partial charge in [0, 0.05) is 60.4 Å². The average Bonchev–Trinajstić information content (AvgIpc) is 3.83. The molecule has 0 fully saturated rings. The molecular formula is C56H35N3O. The molecule has 3 heterocycles. The summed E-state index contributed by atoms with van der Waals surface area (Å²) in [7, 11) is 0. The topological polar surface area (TPSA) is 27.9 Å². The summed E-state index contributed by atoms with van der Waals surface area (Å²) in [5, 5.41) is 11.7. The second-order valence-corrected chi connectivity index (χ2v) is 15.8. The van der Waals surface area contributed by atoms with E-state index in [1.807, 2.05) is 0 Å². The Morgan fingerprint density at radius 2 is 0.783 bits per heavy atom. The van der Waals surface area contributed by atoms with Crippen molar-refractivity contribution in [2.75, 3.05) is 0 Å². The molecule has 4 nitrogen and oxygen atoms in total. The third kappa shape index (κ3) is 4.98. The minimum Gasteiger partial charge on any atom is -0.456 e. The third-order valence-electron chi connectivity index (χ3n) is 12.4. The number of furan rings is 1. The van der Waals surface area contributed by atoms with E-state index in [2.05, 4.69) is 226 Å². The number of aromatic nitrogens is 3. The number of rotatable bonds is 3. The van der Waals surface area contributed by atoms with Crippen molar-refractivity contribution < 1.29 is 4.42 Å². The number of benzene rings is 10. The number of hydrogen-bond acceptors (Lipinski definition) is 1. The standard InChI is InChI=1S/C56H35N3O/c1-2-12-38-30-43(23-22-36(38)10-1)57-41-16-7-14-39(31-41)40-15-8-17-42(32-40)58(45-26-29-56-51(34-45)50-33-44(57)25-28-55(50)60-56)46-24-27-49-48-19-5-6-20-53(48)59(54(49)35-46)52-21-9-13-37-11-3-4-18-47(37)52/h1-35H. The van der Waals surface area contributed by atoms with Gasteiger partial charge in [-0.1, -0.05) is 115 Å². The Hall–Kier alpha value is -8.08. The first-order valence-corrected chi connectivity index (χ1v) is 20.5. The van der Waals surface area contributed by atoms with E-state index in [-0.39, 0.29) is 0 Å². The van der Waals surface area contributed by atoms with Crippen LogP contribution in [0.5, 0.6) is 0 Å². The molecule has 4 heteroatoms. The van der Waals surface area contributed by atoms with Gasteiger partial charge in [-0.05, 0) is 124 Å². The summed E-state index contributed by atoms with van der Waals surface area (Å²) < 4.78 is 13.8. The van der Waals surface area contributed by atoms with Crippen molar-refractivity contribution in [3.8, 4) is 17.1 Å². The van der Waals surface area contributed by atoms with E-state index in [4.69, 9.17) is 4.42 Å². The summed E-state index contributed by atoms with van der Waals surface area (Å²) in [6, 6.07) is 77.3. The lowest BCUT2D eigenvalue weighted by molar-refractivity contribution is 0.669. The van der Waals surface area contributed by atoms with Gasteiger partial charge in [-0.2, -0.15) is 0 Å². The lowest BCUT2D eigenvalue weighted by Gasteiger charge is -2.15. The van der Waals surface area contributed by atoms with Crippen molar-refractivity contribution in [2.45, 2.75) is 0 Å². The van der Waals surface area contributed by atoms with Crippen LogP contribution in [0, 0.1) is 0 Å². The molecule has 0 unspecified atom stereocenters. The molecule has 0 radical (unpaired) electrons. The van der Waals surface area contributed by atoms with Gasteiger partial charge in [-0.3, -0.25) is 0 Å². The van der Waals surface area contributed by atoms with Crippen molar-refractivity contribution in [1.82, 2.24) is 13.7 Å². The Bertz CT molecular complexity index is 3960. The molecule has 0 aliphatic rings. The first kappa shape index (κ1) is 32.9. The summed E-state index contributed by atoms with van der Waals surface area (Å²) in [6.07, 6.45) is 0. The van der Waals surface area contributed by atoms with E-state index in [1.54, 1.807) is 0 Å². The third-order valence-corrected chi connectivity index (χ3v) is 12.4. The van der Waals surface area contributed by atoms with Gasteiger partial charge in [0.25, 0.3) is 0 Å². The smallest absolute Gasteiger partial charge is 0.135 e.